The predicted molar refractivity (Wildman–Crippen MR) is 105 cm³/mol. The van der Waals surface area contributed by atoms with Crippen molar-refractivity contribution in [1.29, 1.82) is 0 Å². The van der Waals surface area contributed by atoms with Crippen LogP contribution in [0.5, 0.6) is 0 Å². The fourth-order valence-electron chi connectivity index (χ4n) is 2.53. The minimum atomic E-state index is -4.14. The van der Waals surface area contributed by atoms with E-state index >= 15 is 0 Å². The summed E-state index contributed by atoms with van der Waals surface area (Å²) in [5.41, 5.74) is 8.71. The molecule has 0 radical (unpaired) electrons. The summed E-state index contributed by atoms with van der Waals surface area (Å²) in [5, 5.41) is 8.92. The van der Waals surface area contributed by atoms with Gasteiger partial charge >= 0.3 is 0 Å². The standard InChI is InChI=1S/C18H22FN3O4S.ClH/c1-12-9-16(7-8-17(12)19)27(25,26)22(13(2)18(23)21-24)11-15-5-3-14(10-20)4-6-15;/h3-9,13,24H,10-11,20H2,1-2H3,(H,21,23);1H/t13-;/m1./s1. The van der Waals surface area contributed by atoms with E-state index in [0.717, 1.165) is 22.0 Å². The Balaban J connectivity index is 0.00000392. The van der Waals surface area contributed by atoms with Crippen LogP contribution in [0.3, 0.4) is 0 Å². The number of aryl methyl sites for hydroxylation is 1. The van der Waals surface area contributed by atoms with Gasteiger partial charge in [-0.1, -0.05) is 24.3 Å². The molecule has 10 heteroatoms. The van der Waals surface area contributed by atoms with Gasteiger partial charge in [0, 0.05) is 13.1 Å². The third-order valence-electron chi connectivity index (χ3n) is 4.25. The van der Waals surface area contributed by atoms with Gasteiger partial charge in [-0.3, -0.25) is 10.0 Å². The fourth-order valence-corrected chi connectivity index (χ4v) is 4.20. The Labute approximate surface area is 169 Å². The van der Waals surface area contributed by atoms with E-state index < -0.39 is 27.8 Å². The molecule has 0 fully saturated rings. The van der Waals surface area contributed by atoms with Crippen molar-refractivity contribution in [3.8, 4) is 0 Å². The molecule has 0 aliphatic heterocycles. The molecule has 0 bridgehead atoms. The maximum absolute atomic E-state index is 13.5. The topological polar surface area (TPSA) is 113 Å². The molecule has 0 spiro atoms. The number of carbonyl (C=O) groups excluding carboxylic acids is 1. The largest absolute Gasteiger partial charge is 0.326 e. The molecule has 28 heavy (non-hydrogen) atoms. The molecule has 2 aromatic rings. The van der Waals surface area contributed by atoms with Crippen LogP contribution in [0.1, 0.15) is 23.6 Å². The smallest absolute Gasteiger partial charge is 0.261 e. The first kappa shape index (κ1) is 24.0. The summed E-state index contributed by atoms with van der Waals surface area (Å²) in [6.45, 7) is 3.04. The number of rotatable bonds is 7. The van der Waals surface area contributed by atoms with Crippen molar-refractivity contribution in [3.05, 3.63) is 65.0 Å². The van der Waals surface area contributed by atoms with E-state index in [-0.39, 0.29) is 29.4 Å². The Kier molecular flexibility index (Phi) is 8.52. The molecule has 1 atom stereocenters. The normalized spacial score (nSPS) is 12.4. The van der Waals surface area contributed by atoms with E-state index in [9.17, 15) is 17.6 Å². The highest BCUT2D eigenvalue weighted by Crippen LogP contribution is 2.23. The Morgan fingerprint density at radius 3 is 2.29 bits per heavy atom. The van der Waals surface area contributed by atoms with E-state index in [1.807, 2.05) is 0 Å². The minimum Gasteiger partial charge on any atom is -0.326 e. The number of hydrogen-bond acceptors (Lipinski definition) is 5. The molecule has 0 saturated heterocycles. The van der Waals surface area contributed by atoms with Crippen molar-refractivity contribution < 1.29 is 22.8 Å². The molecule has 4 N–H and O–H groups in total. The summed E-state index contributed by atoms with van der Waals surface area (Å²) < 4.78 is 40.7. The van der Waals surface area contributed by atoms with E-state index in [0.29, 0.717) is 12.1 Å². The zero-order chi connectivity index (χ0) is 20.2. The molecule has 0 aliphatic rings. The summed E-state index contributed by atoms with van der Waals surface area (Å²) in [7, 11) is -4.14. The number of carbonyl (C=O) groups is 1. The predicted octanol–water partition coefficient (Wildman–Crippen LogP) is 2.10. The quantitative estimate of drug-likeness (QED) is 0.459. The highest BCUT2D eigenvalue weighted by Gasteiger charge is 2.33. The third-order valence-corrected chi connectivity index (χ3v) is 6.17. The van der Waals surface area contributed by atoms with E-state index in [4.69, 9.17) is 10.9 Å². The molecule has 0 aliphatic carbocycles. The van der Waals surface area contributed by atoms with Crippen LogP contribution < -0.4 is 11.2 Å². The van der Waals surface area contributed by atoms with Gasteiger partial charge in [0.2, 0.25) is 10.0 Å². The number of nitrogens with zero attached hydrogens (tertiary/aromatic N) is 1. The molecular formula is C18H23ClFN3O4S. The molecule has 2 rings (SSSR count). The van der Waals surface area contributed by atoms with Gasteiger partial charge in [0.05, 0.1) is 4.90 Å². The minimum absolute atomic E-state index is 0. The zero-order valence-electron chi connectivity index (χ0n) is 15.4. The van der Waals surface area contributed by atoms with Crippen molar-refractivity contribution in [2.45, 2.75) is 37.9 Å². The SMILES string of the molecule is Cc1cc(S(=O)(=O)N(Cc2ccc(CN)cc2)[C@H](C)C(=O)NO)ccc1F.Cl. The first-order valence-electron chi connectivity index (χ1n) is 8.20. The molecule has 0 heterocycles. The number of benzene rings is 2. The van der Waals surface area contributed by atoms with Gasteiger partial charge < -0.3 is 5.73 Å². The Morgan fingerprint density at radius 1 is 1.21 bits per heavy atom. The van der Waals surface area contributed by atoms with Gasteiger partial charge in [0.25, 0.3) is 5.91 Å². The summed E-state index contributed by atoms with van der Waals surface area (Å²) in [6, 6.07) is 9.17. The monoisotopic (exact) mass is 431 g/mol. The molecule has 1 amide bonds. The number of halogens is 2. The lowest BCUT2D eigenvalue weighted by Gasteiger charge is -2.27. The highest BCUT2D eigenvalue weighted by molar-refractivity contribution is 7.89. The third kappa shape index (κ3) is 5.27. The summed E-state index contributed by atoms with van der Waals surface area (Å²) >= 11 is 0. The zero-order valence-corrected chi connectivity index (χ0v) is 17.1. The van der Waals surface area contributed by atoms with Gasteiger partial charge in [-0.05, 0) is 48.7 Å². The maximum atomic E-state index is 13.5. The van der Waals surface area contributed by atoms with E-state index in [2.05, 4.69) is 0 Å². The van der Waals surface area contributed by atoms with Crippen molar-refractivity contribution >= 4 is 28.3 Å². The van der Waals surface area contributed by atoms with Gasteiger partial charge in [-0.2, -0.15) is 4.31 Å². The highest BCUT2D eigenvalue weighted by atomic mass is 35.5. The Bertz CT molecular complexity index is 923. The summed E-state index contributed by atoms with van der Waals surface area (Å²) in [4.78, 5) is 11.8. The number of amides is 1. The Hall–Kier alpha value is -2.04. The summed E-state index contributed by atoms with van der Waals surface area (Å²) in [5.74, 6) is -1.41. The average molecular weight is 432 g/mol. The van der Waals surface area contributed by atoms with Crippen molar-refractivity contribution in [2.75, 3.05) is 0 Å². The van der Waals surface area contributed by atoms with Crippen molar-refractivity contribution in [3.63, 3.8) is 0 Å². The van der Waals surface area contributed by atoms with Crippen LogP contribution >= 0.6 is 12.4 Å². The molecule has 0 aromatic heterocycles. The van der Waals surface area contributed by atoms with Crippen LogP contribution in [-0.4, -0.2) is 29.9 Å². The van der Waals surface area contributed by atoms with Crippen molar-refractivity contribution in [1.82, 2.24) is 9.79 Å². The van der Waals surface area contributed by atoms with Gasteiger partial charge in [-0.15, -0.1) is 12.4 Å². The number of nitrogens with two attached hydrogens (primary N) is 1. The summed E-state index contributed by atoms with van der Waals surface area (Å²) in [6.07, 6.45) is 0. The van der Waals surface area contributed by atoms with Crippen LogP contribution in [0, 0.1) is 12.7 Å². The molecule has 7 nitrogen and oxygen atoms in total. The fraction of sp³-hybridized carbons (Fsp3) is 0.278. The van der Waals surface area contributed by atoms with Crippen molar-refractivity contribution in [2.24, 2.45) is 5.73 Å². The van der Waals surface area contributed by atoms with Crippen LogP contribution in [0.15, 0.2) is 47.4 Å². The second-order valence-electron chi connectivity index (χ2n) is 6.13. The second-order valence-corrected chi connectivity index (χ2v) is 8.02. The lowest BCUT2D eigenvalue weighted by Crippen LogP contribution is -2.46. The van der Waals surface area contributed by atoms with Crippen LogP contribution in [0.2, 0.25) is 0 Å². The lowest BCUT2D eigenvalue weighted by atomic mass is 10.1. The number of hydroxylamine groups is 1. The van der Waals surface area contributed by atoms with Gasteiger partial charge in [-0.25, -0.2) is 18.3 Å². The van der Waals surface area contributed by atoms with Crippen LogP contribution in [0.4, 0.5) is 4.39 Å². The molecule has 0 unspecified atom stereocenters. The Morgan fingerprint density at radius 2 is 1.79 bits per heavy atom. The molecular weight excluding hydrogens is 409 g/mol. The number of hydrogen-bond donors (Lipinski definition) is 3. The van der Waals surface area contributed by atoms with Crippen LogP contribution in [0.25, 0.3) is 0 Å². The maximum Gasteiger partial charge on any atom is 0.261 e. The molecule has 154 valence electrons. The van der Waals surface area contributed by atoms with Gasteiger partial charge in [0.15, 0.2) is 0 Å². The van der Waals surface area contributed by atoms with Crippen LogP contribution in [-0.2, 0) is 27.9 Å². The lowest BCUT2D eigenvalue weighted by molar-refractivity contribution is -0.132. The first-order chi connectivity index (χ1) is 12.7. The average Bonchev–Trinajstić information content (AvgIpc) is 2.67. The number of sulfonamides is 1. The van der Waals surface area contributed by atoms with E-state index in [1.165, 1.54) is 25.4 Å². The molecule has 2 aromatic carbocycles. The van der Waals surface area contributed by atoms with E-state index in [1.54, 1.807) is 24.3 Å². The second kappa shape index (κ2) is 9.94. The molecule has 0 saturated carbocycles. The number of nitrogens with one attached hydrogen (secondary N) is 1. The van der Waals surface area contributed by atoms with Gasteiger partial charge in [0.1, 0.15) is 11.9 Å². The first-order valence-corrected chi connectivity index (χ1v) is 9.64.